The summed E-state index contributed by atoms with van der Waals surface area (Å²) in [6, 6.07) is 4.99. The normalized spacial score (nSPS) is 10.6. The van der Waals surface area contributed by atoms with Crippen LogP contribution >= 0.6 is 0 Å². The molecule has 0 radical (unpaired) electrons. The number of carbonyl (C=O) groups excluding carboxylic acids is 1. The van der Waals surface area contributed by atoms with Crippen molar-refractivity contribution in [2.75, 3.05) is 0 Å². The molecule has 2 rings (SSSR count). The first-order chi connectivity index (χ1) is 10.4. The quantitative estimate of drug-likeness (QED) is 0.358. The molecule has 0 amide bonds. The zero-order valence-corrected chi connectivity index (χ0v) is 11.6. The lowest BCUT2D eigenvalue weighted by atomic mass is 9.93. The van der Waals surface area contributed by atoms with Gasteiger partial charge in [-0.2, -0.15) is 0 Å². The first-order valence-electron chi connectivity index (χ1n) is 6.44. The zero-order chi connectivity index (χ0) is 16.4. The van der Waals surface area contributed by atoms with Crippen LogP contribution in [0.5, 0.6) is 23.0 Å². The Bertz CT molecular complexity index is 682. The Morgan fingerprint density at radius 3 is 1.45 bits per heavy atom. The summed E-state index contributed by atoms with van der Waals surface area (Å²) >= 11 is 0. The average Bonchev–Trinajstić information content (AvgIpc) is 2.51. The largest absolute Gasteiger partial charge is 0.504 e. The molecule has 0 saturated carbocycles. The third-order valence-corrected chi connectivity index (χ3v) is 3.42. The second-order valence-electron chi connectivity index (χ2n) is 4.66. The standard InChI is InChI=1S/C15H16N2O5/c16-5-9-7(1-3-11(18)14(9)21)13(20)8-2-4-12(19)15(22)10(8)6-17/h1-4,18-19,21-22H,5-6,16-17H2. The molecule has 116 valence electrons. The molecule has 8 N–H and O–H groups in total. The van der Waals surface area contributed by atoms with E-state index < -0.39 is 17.3 Å². The minimum atomic E-state index is -0.536. The van der Waals surface area contributed by atoms with E-state index in [1.165, 1.54) is 24.3 Å². The molecule has 7 nitrogen and oxygen atoms in total. The van der Waals surface area contributed by atoms with Crippen molar-refractivity contribution in [1.82, 2.24) is 0 Å². The van der Waals surface area contributed by atoms with Crippen molar-refractivity contribution in [2.24, 2.45) is 11.5 Å². The van der Waals surface area contributed by atoms with E-state index in [-0.39, 0.29) is 46.8 Å². The van der Waals surface area contributed by atoms with Gasteiger partial charge in [0, 0.05) is 35.3 Å². The molecule has 22 heavy (non-hydrogen) atoms. The van der Waals surface area contributed by atoms with E-state index in [1.807, 2.05) is 0 Å². The van der Waals surface area contributed by atoms with Gasteiger partial charge in [-0.15, -0.1) is 0 Å². The van der Waals surface area contributed by atoms with E-state index >= 15 is 0 Å². The molecule has 0 aliphatic carbocycles. The van der Waals surface area contributed by atoms with Crippen molar-refractivity contribution in [3.63, 3.8) is 0 Å². The lowest BCUT2D eigenvalue weighted by molar-refractivity contribution is 0.103. The predicted molar refractivity (Wildman–Crippen MR) is 78.8 cm³/mol. The molecule has 0 aromatic heterocycles. The Morgan fingerprint density at radius 1 is 0.773 bits per heavy atom. The Hall–Kier alpha value is -2.77. The molecule has 0 unspecified atom stereocenters. The zero-order valence-electron chi connectivity index (χ0n) is 11.6. The average molecular weight is 304 g/mol. The van der Waals surface area contributed by atoms with Gasteiger partial charge in [-0.05, 0) is 24.3 Å². The molecule has 0 spiro atoms. The monoisotopic (exact) mass is 304 g/mol. The van der Waals surface area contributed by atoms with E-state index in [0.717, 1.165) is 0 Å². The van der Waals surface area contributed by atoms with Crippen LogP contribution in [-0.4, -0.2) is 26.2 Å². The van der Waals surface area contributed by atoms with Gasteiger partial charge in [0.15, 0.2) is 28.8 Å². The van der Waals surface area contributed by atoms with Crippen LogP contribution in [0, 0.1) is 0 Å². The first kappa shape index (κ1) is 15.6. The van der Waals surface area contributed by atoms with Gasteiger partial charge in [-0.1, -0.05) is 0 Å². The number of aromatic hydroxyl groups is 4. The molecular formula is C15H16N2O5. The number of ketones is 1. The van der Waals surface area contributed by atoms with Crippen molar-refractivity contribution in [3.05, 3.63) is 46.5 Å². The van der Waals surface area contributed by atoms with Crippen molar-refractivity contribution in [3.8, 4) is 23.0 Å². The van der Waals surface area contributed by atoms with E-state index in [1.54, 1.807) is 0 Å². The fourth-order valence-corrected chi connectivity index (χ4v) is 2.23. The van der Waals surface area contributed by atoms with Gasteiger partial charge in [0.05, 0.1) is 0 Å². The van der Waals surface area contributed by atoms with E-state index in [9.17, 15) is 25.2 Å². The van der Waals surface area contributed by atoms with Gasteiger partial charge in [0.25, 0.3) is 0 Å². The Kier molecular flexibility index (Phi) is 4.20. The molecule has 7 heteroatoms. The van der Waals surface area contributed by atoms with Gasteiger partial charge in [0.1, 0.15) is 0 Å². The van der Waals surface area contributed by atoms with Crippen LogP contribution in [0.15, 0.2) is 24.3 Å². The van der Waals surface area contributed by atoms with Gasteiger partial charge < -0.3 is 31.9 Å². The lowest BCUT2D eigenvalue weighted by Gasteiger charge is -2.13. The van der Waals surface area contributed by atoms with Crippen LogP contribution in [0.4, 0.5) is 0 Å². The minimum Gasteiger partial charge on any atom is -0.504 e. The van der Waals surface area contributed by atoms with Gasteiger partial charge in [-0.3, -0.25) is 4.79 Å². The SMILES string of the molecule is NCc1c(C(=O)c2ccc(O)c(O)c2CN)ccc(O)c1O. The summed E-state index contributed by atoms with van der Waals surface area (Å²) in [6.45, 7) is -0.327. The molecule has 0 fully saturated rings. The topological polar surface area (TPSA) is 150 Å². The van der Waals surface area contributed by atoms with Crippen molar-refractivity contribution >= 4 is 5.78 Å². The highest BCUT2D eigenvalue weighted by Crippen LogP contribution is 2.35. The highest BCUT2D eigenvalue weighted by molar-refractivity contribution is 6.11. The van der Waals surface area contributed by atoms with Crippen LogP contribution in [0.3, 0.4) is 0 Å². The molecule has 0 atom stereocenters. The number of hydrogen-bond acceptors (Lipinski definition) is 7. The summed E-state index contributed by atoms with van der Waals surface area (Å²) < 4.78 is 0. The van der Waals surface area contributed by atoms with Gasteiger partial charge in [-0.25, -0.2) is 0 Å². The van der Waals surface area contributed by atoms with Crippen LogP contribution < -0.4 is 11.5 Å². The van der Waals surface area contributed by atoms with Crippen molar-refractivity contribution in [1.29, 1.82) is 0 Å². The molecule has 0 saturated heterocycles. The molecule has 2 aromatic rings. The van der Waals surface area contributed by atoms with Crippen LogP contribution in [0.2, 0.25) is 0 Å². The number of nitrogens with two attached hydrogens (primary N) is 2. The number of benzene rings is 2. The van der Waals surface area contributed by atoms with E-state index in [4.69, 9.17) is 11.5 Å². The number of carbonyl (C=O) groups is 1. The highest BCUT2D eigenvalue weighted by atomic mass is 16.3. The molecule has 0 heterocycles. The van der Waals surface area contributed by atoms with Crippen LogP contribution in [-0.2, 0) is 13.1 Å². The molecular weight excluding hydrogens is 288 g/mol. The number of phenolic OH excluding ortho intramolecular Hbond substituents is 4. The van der Waals surface area contributed by atoms with Crippen LogP contribution in [0.25, 0.3) is 0 Å². The molecule has 2 aromatic carbocycles. The first-order valence-corrected chi connectivity index (χ1v) is 6.44. The maximum absolute atomic E-state index is 12.6. The van der Waals surface area contributed by atoms with Crippen LogP contribution in [0.1, 0.15) is 27.0 Å². The van der Waals surface area contributed by atoms with Crippen molar-refractivity contribution in [2.45, 2.75) is 13.1 Å². The third-order valence-electron chi connectivity index (χ3n) is 3.42. The second-order valence-corrected chi connectivity index (χ2v) is 4.66. The smallest absolute Gasteiger partial charge is 0.193 e. The minimum absolute atomic E-state index is 0.0811. The summed E-state index contributed by atoms with van der Waals surface area (Å²) in [6.07, 6.45) is 0. The Morgan fingerprint density at radius 2 is 1.14 bits per heavy atom. The summed E-state index contributed by atoms with van der Waals surface area (Å²) in [5.74, 6) is -2.24. The maximum atomic E-state index is 12.6. The summed E-state index contributed by atoms with van der Waals surface area (Å²) in [5, 5.41) is 38.6. The lowest BCUT2D eigenvalue weighted by Crippen LogP contribution is -2.13. The fourth-order valence-electron chi connectivity index (χ4n) is 2.23. The third kappa shape index (κ3) is 2.43. The number of phenols is 4. The van der Waals surface area contributed by atoms with Gasteiger partial charge >= 0.3 is 0 Å². The maximum Gasteiger partial charge on any atom is 0.193 e. The Balaban J connectivity index is 2.64. The number of hydrogen-bond donors (Lipinski definition) is 6. The molecule has 0 bridgehead atoms. The summed E-state index contributed by atoms with van der Waals surface area (Å²) in [7, 11) is 0. The van der Waals surface area contributed by atoms with E-state index in [2.05, 4.69) is 0 Å². The number of rotatable bonds is 4. The predicted octanol–water partition coefficient (Wildman–Crippen LogP) is 0.657. The van der Waals surface area contributed by atoms with E-state index in [0.29, 0.717) is 0 Å². The Labute approximate surface area is 126 Å². The van der Waals surface area contributed by atoms with Crippen molar-refractivity contribution < 1.29 is 25.2 Å². The summed E-state index contributed by atoms with van der Waals surface area (Å²) in [5.41, 5.74) is 11.4. The summed E-state index contributed by atoms with van der Waals surface area (Å²) in [4.78, 5) is 12.6. The molecule has 0 aliphatic heterocycles. The fraction of sp³-hybridized carbons (Fsp3) is 0.133. The second kappa shape index (κ2) is 5.92. The molecule has 0 aliphatic rings. The van der Waals surface area contributed by atoms with Gasteiger partial charge in [0.2, 0.25) is 0 Å². The highest BCUT2D eigenvalue weighted by Gasteiger charge is 2.22.